The first kappa shape index (κ1) is 15.1. The number of rotatable bonds is 6. The zero-order chi connectivity index (χ0) is 15.2. The van der Waals surface area contributed by atoms with Gasteiger partial charge in [0.1, 0.15) is 11.3 Å². The standard InChI is InChI=1S/C15H17NO5/c1-10(15(19)16-7-2-8-17)20-12-5-3-11-4-6-14(18)21-13(11)9-12/h3-6,9-10,17H,2,7-8H2,1H3,(H,16,19). The van der Waals surface area contributed by atoms with Crippen LogP contribution in [-0.4, -0.2) is 30.3 Å². The molecular formula is C15H17NO5. The van der Waals surface area contributed by atoms with E-state index >= 15 is 0 Å². The summed E-state index contributed by atoms with van der Waals surface area (Å²) < 4.78 is 10.6. The predicted molar refractivity (Wildman–Crippen MR) is 77.3 cm³/mol. The third-order valence-corrected chi connectivity index (χ3v) is 2.91. The molecule has 0 aliphatic rings. The molecular weight excluding hydrogens is 274 g/mol. The van der Waals surface area contributed by atoms with E-state index < -0.39 is 11.7 Å². The highest BCUT2D eigenvalue weighted by molar-refractivity contribution is 5.81. The zero-order valence-corrected chi connectivity index (χ0v) is 11.7. The Hall–Kier alpha value is -2.34. The second-order valence-corrected chi connectivity index (χ2v) is 4.58. The maximum atomic E-state index is 11.7. The lowest BCUT2D eigenvalue weighted by atomic mass is 10.2. The number of fused-ring (bicyclic) bond motifs is 1. The summed E-state index contributed by atoms with van der Waals surface area (Å²) in [6.07, 6.45) is -0.184. The number of aliphatic hydroxyl groups excluding tert-OH is 1. The van der Waals surface area contributed by atoms with Crippen LogP contribution in [0.5, 0.6) is 5.75 Å². The summed E-state index contributed by atoms with van der Waals surface area (Å²) in [5, 5.41) is 12.1. The fourth-order valence-electron chi connectivity index (χ4n) is 1.81. The Labute approximate surface area is 121 Å². The number of amides is 1. The number of benzene rings is 1. The van der Waals surface area contributed by atoms with Gasteiger partial charge in [-0.1, -0.05) is 0 Å². The Morgan fingerprint density at radius 2 is 2.14 bits per heavy atom. The van der Waals surface area contributed by atoms with E-state index in [-0.39, 0.29) is 12.5 Å². The van der Waals surface area contributed by atoms with E-state index in [1.165, 1.54) is 6.07 Å². The normalized spacial score (nSPS) is 12.1. The molecule has 0 saturated carbocycles. The molecule has 0 aliphatic carbocycles. The van der Waals surface area contributed by atoms with E-state index in [2.05, 4.69) is 5.32 Å². The molecule has 0 aliphatic heterocycles. The number of hydrogen-bond acceptors (Lipinski definition) is 5. The fraction of sp³-hybridized carbons (Fsp3) is 0.333. The van der Waals surface area contributed by atoms with Crippen LogP contribution in [0, 0.1) is 0 Å². The van der Waals surface area contributed by atoms with E-state index in [9.17, 15) is 9.59 Å². The van der Waals surface area contributed by atoms with Crippen molar-refractivity contribution in [1.82, 2.24) is 5.32 Å². The van der Waals surface area contributed by atoms with Crippen LogP contribution in [0.4, 0.5) is 0 Å². The van der Waals surface area contributed by atoms with Crippen molar-refractivity contribution in [3.8, 4) is 5.75 Å². The molecule has 2 aromatic rings. The quantitative estimate of drug-likeness (QED) is 0.613. The van der Waals surface area contributed by atoms with E-state index in [0.717, 1.165) is 5.39 Å². The molecule has 1 unspecified atom stereocenters. The van der Waals surface area contributed by atoms with Crippen molar-refractivity contribution in [2.75, 3.05) is 13.2 Å². The number of ether oxygens (including phenoxy) is 1. The van der Waals surface area contributed by atoms with Gasteiger partial charge in [0, 0.05) is 30.7 Å². The number of hydrogen-bond donors (Lipinski definition) is 2. The molecule has 6 heteroatoms. The monoisotopic (exact) mass is 291 g/mol. The van der Waals surface area contributed by atoms with Crippen LogP contribution in [0.1, 0.15) is 13.3 Å². The molecule has 112 valence electrons. The van der Waals surface area contributed by atoms with Gasteiger partial charge < -0.3 is 19.6 Å². The van der Waals surface area contributed by atoms with E-state index in [1.807, 2.05) is 0 Å². The maximum Gasteiger partial charge on any atom is 0.336 e. The summed E-state index contributed by atoms with van der Waals surface area (Å²) in [5.74, 6) is 0.180. The Balaban J connectivity index is 2.05. The summed E-state index contributed by atoms with van der Waals surface area (Å²) in [7, 11) is 0. The highest BCUT2D eigenvalue weighted by Crippen LogP contribution is 2.20. The van der Waals surface area contributed by atoms with Crippen LogP contribution >= 0.6 is 0 Å². The summed E-state index contributed by atoms with van der Waals surface area (Å²) in [4.78, 5) is 22.9. The molecule has 2 N–H and O–H groups in total. The van der Waals surface area contributed by atoms with Gasteiger partial charge in [-0.3, -0.25) is 4.79 Å². The predicted octanol–water partition coefficient (Wildman–Crippen LogP) is 1.06. The Morgan fingerprint density at radius 1 is 1.38 bits per heavy atom. The SMILES string of the molecule is CC(Oc1ccc2ccc(=O)oc2c1)C(=O)NCCCO. The van der Waals surface area contributed by atoms with Gasteiger partial charge in [-0.15, -0.1) is 0 Å². The Kier molecular flexibility index (Phi) is 4.94. The average molecular weight is 291 g/mol. The van der Waals surface area contributed by atoms with Gasteiger partial charge >= 0.3 is 5.63 Å². The van der Waals surface area contributed by atoms with E-state index in [0.29, 0.717) is 24.3 Å². The third kappa shape index (κ3) is 4.06. The Morgan fingerprint density at radius 3 is 2.90 bits per heavy atom. The number of nitrogens with one attached hydrogen (secondary N) is 1. The summed E-state index contributed by atoms with van der Waals surface area (Å²) >= 11 is 0. The topological polar surface area (TPSA) is 88.8 Å². The lowest BCUT2D eigenvalue weighted by Gasteiger charge is -2.14. The maximum absolute atomic E-state index is 11.7. The highest BCUT2D eigenvalue weighted by atomic mass is 16.5. The minimum absolute atomic E-state index is 0.0270. The van der Waals surface area contributed by atoms with Crippen molar-refractivity contribution in [3.63, 3.8) is 0 Å². The van der Waals surface area contributed by atoms with E-state index in [4.69, 9.17) is 14.3 Å². The van der Waals surface area contributed by atoms with Crippen LogP contribution in [0.15, 0.2) is 39.5 Å². The highest BCUT2D eigenvalue weighted by Gasteiger charge is 2.14. The van der Waals surface area contributed by atoms with Gasteiger partial charge in [0.2, 0.25) is 0 Å². The van der Waals surface area contributed by atoms with Crippen LogP contribution in [0.2, 0.25) is 0 Å². The van der Waals surface area contributed by atoms with Crippen molar-refractivity contribution in [1.29, 1.82) is 0 Å². The molecule has 1 amide bonds. The molecule has 2 rings (SSSR count). The van der Waals surface area contributed by atoms with Crippen LogP contribution < -0.4 is 15.7 Å². The van der Waals surface area contributed by atoms with Crippen LogP contribution in [0.3, 0.4) is 0 Å². The smallest absolute Gasteiger partial charge is 0.336 e. The van der Waals surface area contributed by atoms with Gasteiger partial charge in [-0.05, 0) is 31.5 Å². The minimum Gasteiger partial charge on any atom is -0.481 e. The average Bonchev–Trinajstić information content (AvgIpc) is 2.46. The molecule has 0 bridgehead atoms. The number of carbonyl (C=O) groups excluding carboxylic acids is 1. The summed E-state index contributed by atoms with van der Waals surface area (Å²) in [6.45, 7) is 2.05. The molecule has 0 fully saturated rings. The molecule has 0 saturated heterocycles. The lowest BCUT2D eigenvalue weighted by molar-refractivity contribution is -0.127. The second-order valence-electron chi connectivity index (χ2n) is 4.58. The van der Waals surface area contributed by atoms with Crippen LogP contribution in [-0.2, 0) is 4.79 Å². The van der Waals surface area contributed by atoms with Gasteiger partial charge in [-0.2, -0.15) is 0 Å². The summed E-state index contributed by atoms with van der Waals surface area (Å²) in [6, 6.07) is 8.05. The van der Waals surface area contributed by atoms with Gasteiger partial charge in [0.25, 0.3) is 5.91 Å². The molecule has 1 atom stereocenters. The first-order valence-corrected chi connectivity index (χ1v) is 6.69. The summed E-state index contributed by atoms with van der Waals surface area (Å²) in [5.41, 5.74) is -0.0256. The zero-order valence-electron chi connectivity index (χ0n) is 11.7. The van der Waals surface area contributed by atoms with Crippen molar-refractivity contribution in [2.24, 2.45) is 0 Å². The Bertz CT molecular complexity index is 679. The molecule has 1 aromatic carbocycles. The molecule has 6 nitrogen and oxygen atoms in total. The first-order chi connectivity index (χ1) is 10.1. The van der Waals surface area contributed by atoms with Crippen molar-refractivity contribution in [2.45, 2.75) is 19.4 Å². The molecule has 1 aromatic heterocycles. The second kappa shape index (κ2) is 6.90. The van der Waals surface area contributed by atoms with Crippen molar-refractivity contribution < 1.29 is 19.1 Å². The fourth-order valence-corrected chi connectivity index (χ4v) is 1.81. The lowest BCUT2D eigenvalue weighted by Crippen LogP contribution is -2.37. The van der Waals surface area contributed by atoms with Crippen LogP contribution in [0.25, 0.3) is 11.0 Å². The van der Waals surface area contributed by atoms with Crippen molar-refractivity contribution >= 4 is 16.9 Å². The van der Waals surface area contributed by atoms with Crippen molar-refractivity contribution in [3.05, 3.63) is 40.8 Å². The molecule has 21 heavy (non-hydrogen) atoms. The number of aliphatic hydroxyl groups is 1. The van der Waals surface area contributed by atoms with Gasteiger partial charge in [0.05, 0.1) is 0 Å². The first-order valence-electron chi connectivity index (χ1n) is 6.69. The van der Waals surface area contributed by atoms with E-state index in [1.54, 1.807) is 31.2 Å². The molecule has 0 spiro atoms. The van der Waals surface area contributed by atoms with Gasteiger partial charge in [-0.25, -0.2) is 4.79 Å². The number of carbonyl (C=O) groups is 1. The minimum atomic E-state index is -0.684. The largest absolute Gasteiger partial charge is 0.481 e. The molecule has 1 heterocycles. The molecule has 0 radical (unpaired) electrons. The third-order valence-electron chi connectivity index (χ3n) is 2.91. The van der Waals surface area contributed by atoms with Gasteiger partial charge in [0.15, 0.2) is 6.10 Å².